The van der Waals surface area contributed by atoms with Crippen LogP contribution in [0.5, 0.6) is 0 Å². The molecule has 0 radical (unpaired) electrons. The molecule has 0 aliphatic carbocycles. The van der Waals surface area contributed by atoms with Crippen molar-refractivity contribution in [3.8, 4) is 0 Å². The summed E-state index contributed by atoms with van der Waals surface area (Å²) >= 11 is 13.4. The first-order valence-electron chi connectivity index (χ1n) is 6.46. The third-order valence-electron chi connectivity index (χ3n) is 3.08. The Labute approximate surface area is 136 Å². The molecular weight excluding hydrogens is 335 g/mol. The molecule has 1 unspecified atom stereocenters. The zero-order valence-corrected chi connectivity index (χ0v) is 14.1. The fourth-order valence-corrected chi connectivity index (χ4v) is 3.66. The maximum Gasteiger partial charge on any atom is 0.131 e. The van der Waals surface area contributed by atoms with Gasteiger partial charge in [0, 0.05) is 23.2 Å². The molecule has 0 aliphatic heterocycles. The Kier molecular flexibility index (Phi) is 5.25. The predicted octanol–water partition coefficient (Wildman–Crippen LogP) is 5.73. The van der Waals surface area contributed by atoms with E-state index in [0.717, 1.165) is 6.07 Å². The van der Waals surface area contributed by atoms with Crippen LogP contribution in [0.1, 0.15) is 36.6 Å². The summed E-state index contributed by atoms with van der Waals surface area (Å²) in [6, 6.07) is 3.75. The Morgan fingerprint density at radius 2 is 1.71 bits per heavy atom. The molecule has 6 heteroatoms. The number of benzene rings is 1. The highest BCUT2D eigenvalue weighted by molar-refractivity contribution is 7.20. The van der Waals surface area contributed by atoms with E-state index in [2.05, 4.69) is 5.32 Å². The number of hydrogen-bond acceptors (Lipinski definition) is 2. The van der Waals surface area contributed by atoms with E-state index in [1.165, 1.54) is 17.4 Å². The molecule has 1 atom stereocenters. The Morgan fingerprint density at radius 3 is 2.24 bits per heavy atom. The molecule has 0 bridgehead atoms. The molecule has 114 valence electrons. The molecule has 2 aromatic rings. The van der Waals surface area contributed by atoms with E-state index >= 15 is 0 Å². The van der Waals surface area contributed by atoms with Crippen molar-refractivity contribution in [2.24, 2.45) is 0 Å². The van der Waals surface area contributed by atoms with Crippen molar-refractivity contribution < 1.29 is 8.78 Å². The van der Waals surface area contributed by atoms with Crippen LogP contribution in [-0.4, -0.2) is 6.04 Å². The number of thiophene rings is 1. The highest BCUT2D eigenvalue weighted by Gasteiger charge is 2.24. The highest BCUT2D eigenvalue weighted by atomic mass is 35.5. The number of nitrogens with one attached hydrogen (secondary N) is 1. The van der Waals surface area contributed by atoms with Crippen LogP contribution in [0.25, 0.3) is 0 Å². The third-order valence-corrected chi connectivity index (χ3v) is 4.60. The molecule has 0 amide bonds. The summed E-state index contributed by atoms with van der Waals surface area (Å²) in [5, 5.41) is 3.26. The van der Waals surface area contributed by atoms with Crippen LogP contribution in [0.15, 0.2) is 18.2 Å². The third kappa shape index (κ3) is 3.75. The van der Waals surface area contributed by atoms with Crippen LogP contribution in [0, 0.1) is 18.6 Å². The molecule has 0 aliphatic rings. The Bertz CT molecular complexity index is 655. The van der Waals surface area contributed by atoms with Gasteiger partial charge in [-0.1, -0.05) is 23.2 Å². The first-order chi connectivity index (χ1) is 9.79. The lowest BCUT2D eigenvalue weighted by Crippen LogP contribution is -2.29. The largest absolute Gasteiger partial charge is 0.304 e. The van der Waals surface area contributed by atoms with Crippen molar-refractivity contribution in [3.05, 3.63) is 55.2 Å². The molecule has 0 fully saturated rings. The van der Waals surface area contributed by atoms with Gasteiger partial charge < -0.3 is 5.32 Å². The van der Waals surface area contributed by atoms with E-state index in [-0.39, 0.29) is 6.04 Å². The lowest BCUT2D eigenvalue weighted by atomic mass is 9.98. The van der Waals surface area contributed by atoms with Crippen LogP contribution in [0.4, 0.5) is 8.78 Å². The van der Waals surface area contributed by atoms with E-state index in [0.29, 0.717) is 25.4 Å². The van der Waals surface area contributed by atoms with Crippen molar-refractivity contribution in [1.82, 2.24) is 5.32 Å². The maximum atomic E-state index is 14.2. The predicted molar refractivity (Wildman–Crippen MR) is 85.5 cm³/mol. The van der Waals surface area contributed by atoms with Gasteiger partial charge >= 0.3 is 0 Å². The van der Waals surface area contributed by atoms with Crippen LogP contribution in [0.3, 0.4) is 0 Å². The maximum absolute atomic E-state index is 14.2. The second-order valence-corrected chi connectivity index (χ2v) is 7.44. The molecular formula is C15H15Cl2F2NS. The second-order valence-electron chi connectivity index (χ2n) is 5.16. The normalized spacial score (nSPS) is 13.0. The summed E-state index contributed by atoms with van der Waals surface area (Å²) in [5.74, 6) is -1.16. The number of halogens is 4. The monoisotopic (exact) mass is 349 g/mol. The van der Waals surface area contributed by atoms with Gasteiger partial charge in [0.15, 0.2) is 0 Å². The van der Waals surface area contributed by atoms with Gasteiger partial charge in [-0.25, -0.2) is 8.78 Å². The minimum Gasteiger partial charge on any atom is -0.304 e. The summed E-state index contributed by atoms with van der Waals surface area (Å²) < 4.78 is 28.7. The van der Waals surface area contributed by atoms with Gasteiger partial charge in [-0.2, -0.15) is 0 Å². The number of aryl methyl sites for hydroxylation is 1. The topological polar surface area (TPSA) is 12.0 Å². The van der Waals surface area contributed by atoms with Crippen LogP contribution in [0.2, 0.25) is 8.67 Å². The molecule has 2 rings (SSSR count). The lowest BCUT2D eigenvalue weighted by Gasteiger charge is -2.22. The van der Waals surface area contributed by atoms with Gasteiger partial charge in [0.1, 0.15) is 11.6 Å². The average Bonchev–Trinajstić information content (AvgIpc) is 2.70. The standard InChI is InChI=1S/C15H15Cl2F2NS/c1-7(2)20-14(10-5-13(16)21-15(10)17)9-4-8(3)11(18)6-12(9)19/h4-7,14,20H,1-3H3. The van der Waals surface area contributed by atoms with Crippen molar-refractivity contribution >= 4 is 34.5 Å². The quantitative estimate of drug-likeness (QED) is 0.743. The molecule has 1 N–H and O–H groups in total. The van der Waals surface area contributed by atoms with E-state index in [4.69, 9.17) is 23.2 Å². The minimum absolute atomic E-state index is 0.0921. The summed E-state index contributed by atoms with van der Waals surface area (Å²) in [4.78, 5) is 0. The minimum atomic E-state index is -0.602. The first kappa shape index (κ1) is 16.7. The molecule has 1 heterocycles. The summed E-state index contributed by atoms with van der Waals surface area (Å²) in [6.07, 6.45) is 0. The Balaban J connectivity index is 2.56. The zero-order valence-electron chi connectivity index (χ0n) is 11.8. The van der Waals surface area contributed by atoms with E-state index < -0.39 is 17.7 Å². The van der Waals surface area contributed by atoms with Crippen LogP contribution < -0.4 is 5.32 Å². The van der Waals surface area contributed by atoms with E-state index in [1.54, 1.807) is 13.0 Å². The fraction of sp³-hybridized carbons (Fsp3) is 0.333. The average molecular weight is 350 g/mol. The van der Waals surface area contributed by atoms with Crippen molar-refractivity contribution in [1.29, 1.82) is 0 Å². The van der Waals surface area contributed by atoms with E-state index in [9.17, 15) is 8.78 Å². The van der Waals surface area contributed by atoms with Gasteiger partial charge in [-0.15, -0.1) is 11.3 Å². The highest BCUT2D eigenvalue weighted by Crippen LogP contribution is 2.38. The molecule has 0 saturated carbocycles. The Hall–Kier alpha value is -0.680. The SMILES string of the molecule is Cc1cc(C(NC(C)C)c2cc(Cl)sc2Cl)c(F)cc1F. The van der Waals surface area contributed by atoms with Gasteiger partial charge in [0.05, 0.1) is 14.7 Å². The second kappa shape index (κ2) is 6.61. The first-order valence-corrected chi connectivity index (χ1v) is 8.03. The zero-order chi connectivity index (χ0) is 15.7. The van der Waals surface area contributed by atoms with Gasteiger partial charge in [-0.05, 0) is 38.5 Å². The van der Waals surface area contributed by atoms with Crippen LogP contribution >= 0.6 is 34.5 Å². The molecule has 21 heavy (non-hydrogen) atoms. The smallest absolute Gasteiger partial charge is 0.131 e. The fourth-order valence-electron chi connectivity index (χ4n) is 2.13. The van der Waals surface area contributed by atoms with Gasteiger partial charge in [0.2, 0.25) is 0 Å². The van der Waals surface area contributed by atoms with Crippen molar-refractivity contribution in [2.45, 2.75) is 32.9 Å². The number of hydrogen-bond donors (Lipinski definition) is 1. The van der Waals surface area contributed by atoms with Crippen LogP contribution in [-0.2, 0) is 0 Å². The Morgan fingerprint density at radius 1 is 1.05 bits per heavy atom. The lowest BCUT2D eigenvalue weighted by molar-refractivity contribution is 0.497. The van der Waals surface area contributed by atoms with Gasteiger partial charge in [0.25, 0.3) is 0 Å². The summed E-state index contributed by atoms with van der Waals surface area (Å²) in [5.41, 5.74) is 1.45. The molecule has 1 aromatic carbocycles. The summed E-state index contributed by atoms with van der Waals surface area (Å²) in [6.45, 7) is 5.50. The van der Waals surface area contributed by atoms with E-state index in [1.807, 2.05) is 13.8 Å². The molecule has 0 spiro atoms. The summed E-state index contributed by atoms with van der Waals surface area (Å²) in [7, 11) is 0. The number of rotatable bonds is 4. The van der Waals surface area contributed by atoms with Crippen molar-refractivity contribution in [2.75, 3.05) is 0 Å². The molecule has 0 saturated heterocycles. The van der Waals surface area contributed by atoms with Crippen molar-refractivity contribution in [3.63, 3.8) is 0 Å². The molecule has 1 nitrogen and oxygen atoms in total. The van der Waals surface area contributed by atoms with Gasteiger partial charge in [-0.3, -0.25) is 0 Å². The molecule has 1 aromatic heterocycles.